The Labute approximate surface area is 351 Å². The van der Waals surface area contributed by atoms with Crippen molar-refractivity contribution in [3.63, 3.8) is 0 Å². The molecule has 5 nitrogen and oxygen atoms in total. The van der Waals surface area contributed by atoms with Gasteiger partial charge in [-0.25, -0.2) is 0 Å². The van der Waals surface area contributed by atoms with Gasteiger partial charge in [-0.15, -0.1) is 0 Å². The van der Waals surface area contributed by atoms with Gasteiger partial charge in [0.1, 0.15) is 11.2 Å². The number of furan rings is 1. The van der Waals surface area contributed by atoms with E-state index in [1.165, 1.54) is 27.8 Å². The highest BCUT2D eigenvalue weighted by Gasteiger charge is 2.39. The lowest BCUT2D eigenvalue weighted by Gasteiger charge is -2.50. The van der Waals surface area contributed by atoms with Crippen molar-refractivity contribution in [3.8, 4) is 22.3 Å². The largest absolute Gasteiger partial charge is 0.455 e. The number of fused-ring (bicyclic) bond motifs is 6. The highest BCUT2D eigenvalue weighted by molar-refractivity contribution is 6.16. The number of rotatable bonds is 6. The predicted octanol–water partition coefficient (Wildman–Crippen LogP) is 13.7. The molecule has 3 heterocycles. The van der Waals surface area contributed by atoms with Crippen molar-refractivity contribution in [1.29, 1.82) is 0 Å². The van der Waals surface area contributed by atoms with Gasteiger partial charge in [0.2, 0.25) is 0 Å². The van der Waals surface area contributed by atoms with Crippen molar-refractivity contribution in [1.82, 2.24) is 15.1 Å². The van der Waals surface area contributed by atoms with E-state index in [0.717, 1.165) is 61.3 Å². The van der Waals surface area contributed by atoms with Crippen LogP contribution in [-0.4, -0.2) is 23.9 Å². The molecule has 9 aromatic rings. The van der Waals surface area contributed by atoms with Gasteiger partial charge in [-0.2, -0.15) is 0 Å². The van der Waals surface area contributed by atoms with Crippen LogP contribution in [0.1, 0.15) is 46.3 Å². The average Bonchev–Trinajstić information content (AvgIpc) is 3.61. The van der Waals surface area contributed by atoms with Crippen molar-refractivity contribution in [2.45, 2.75) is 18.5 Å². The zero-order valence-electron chi connectivity index (χ0n) is 33.6. The molecule has 0 spiro atoms. The van der Waals surface area contributed by atoms with Crippen LogP contribution in [0.4, 0.5) is 17.1 Å². The Morgan fingerprint density at radius 2 is 1.12 bits per heavy atom. The molecule has 0 aliphatic carbocycles. The van der Waals surface area contributed by atoms with E-state index in [1.807, 2.05) is 0 Å². The molecule has 0 amide bonds. The lowest BCUT2D eigenvalue weighted by Crippen LogP contribution is -2.55. The summed E-state index contributed by atoms with van der Waals surface area (Å²) in [6, 6.07) is 69.6. The van der Waals surface area contributed by atoms with Gasteiger partial charge < -0.3 is 9.32 Å². The van der Waals surface area contributed by atoms with Gasteiger partial charge in [0.05, 0.1) is 29.9 Å². The molecular formula is C55H44N4O. The maximum absolute atomic E-state index is 6.82. The maximum Gasteiger partial charge on any atom is 0.143 e. The van der Waals surface area contributed by atoms with E-state index in [2.05, 4.69) is 240 Å². The normalized spacial score (nSPS) is 18.0. The van der Waals surface area contributed by atoms with E-state index in [9.17, 15) is 0 Å². The minimum Gasteiger partial charge on any atom is -0.455 e. The zero-order chi connectivity index (χ0) is 40.2. The summed E-state index contributed by atoms with van der Waals surface area (Å²) in [5.41, 5.74) is 15.8. The number of benzene rings is 8. The fourth-order valence-electron chi connectivity index (χ4n) is 9.56. The molecule has 3 atom stereocenters. The molecule has 1 saturated heterocycles. The quantitative estimate of drug-likeness (QED) is 0.182. The molecule has 3 unspecified atom stereocenters. The second-order valence-corrected chi connectivity index (χ2v) is 15.9. The maximum atomic E-state index is 6.82. The molecule has 0 bridgehead atoms. The summed E-state index contributed by atoms with van der Waals surface area (Å²) in [5, 5.41) is 6.20. The number of anilines is 3. The van der Waals surface area contributed by atoms with E-state index in [-0.39, 0.29) is 18.5 Å². The molecule has 290 valence electrons. The molecule has 2 aliphatic rings. The predicted molar refractivity (Wildman–Crippen MR) is 248 cm³/mol. The lowest BCUT2D eigenvalue weighted by atomic mass is 9.95. The summed E-state index contributed by atoms with van der Waals surface area (Å²) in [7, 11) is 4.43. The molecule has 1 fully saturated rings. The van der Waals surface area contributed by atoms with Crippen LogP contribution in [0.2, 0.25) is 0 Å². The van der Waals surface area contributed by atoms with Crippen molar-refractivity contribution in [2.24, 2.45) is 0 Å². The molecule has 2 aliphatic heterocycles. The van der Waals surface area contributed by atoms with Crippen molar-refractivity contribution < 1.29 is 4.42 Å². The fraction of sp³-hybridized carbons (Fsp3) is 0.0909. The van der Waals surface area contributed by atoms with Crippen LogP contribution in [0.3, 0.4) is 0 Å². The molecule has 5 heteroatoms. The zero-order valence-corrected chi connectivity index (χ0v) is 33.6. The number of para-hydroxylation sites is 3. The van der Waals surface area contributed by atoms with Crippen LogP contribution in [0.15, 0.2) is 199 Å². The average molecular weight is 777 g/mol. The summed E-state index contributed by atoms with van der Waals surface area (Å²) >= 11 is 0. The molecule has 1 aromatic heterocycles. The molecule has 11 rings (SSSR count). The van der Waals surface area contributed by atoms with E-state index in [0.29, 0.717) is 0 Å². The Kier molecular flexibility index (Phi) is 9.01. The Bertz CT molecular complexity index is 3010. The molecule has 1 N–H and O–H groups in total. The highest BCUT2D eigenvalue weighted by Crippen LogP contribution is 2.47. The van der Waals surface area contributed by atoms with E-state index in [4.69, 9.17) is 4.42 Å². The molecule has 60 heavy (non-hydrogen) atoms. The van der Waals surface area contributed by atoms with Gasteiger partial charge in [-0.1, -0.05) is 170 Å². The van der Waals surface area contributed by atoms with E-state index >= 15 is 0 Å². The number of hydrogen-bond acceptors (Lipinski definition) is 5. The third-order valence-electron chi connectivity index (χ3n) is 12.4. The van der Waals surface area contributed by atoms with E-state index in [1.54, 1.807) is 0 Å². The van der Waals surface area contributed by atoms with Crippen molar-refractivity contribution in [2.75, 3.05) is 19.0 Å². The summed E-state index contributed by atoms with van der Waals surface area (Å²) in [6.45, 7) is 0. The third kappa shape index (κ3) is 6.14. The number of nitrogens with zero attached hydrogens (tertiary/aromatic N) is 3. The Morgan fingerprint density at radius 1 is 0.483 bits per heavy atom. The standard InChI is InChI=1S/C55H44N4O/c1-57-53(39-17-6-3-7-18-39)56-54(58(2)55(57)41-19-8-4-9-20-41)40-30-28-37(29-31-40)42-21-14-22-43(36-42)45-25-15-26-47-51-46-33-32-38-16-12-13-27-48(38)59(44-23-10-5-11-24-44)49(46)34-35-50(51)60-52(45)47/h3-36,53-56H,1-2H3. The first-order chi connectivity index (χ1) is 29.6. The van der Waals surface area contributed by atoms with Gasteiger partial charge in [0.25, 0.3) is 0 Å². The van der Waals surface area contributed by atoms with Crippen LogP contribution in [0.25, 0.3) is 56.3 Å². The van der Waals surface area contributed by atoms with Gasteiger partial charge in [-0.3, -0.25) is 15.1 Å². The monoisotopic (exact) mass is 776 g/mol. The van der Waals surface area contributed by atoms with Gasteiger partial charge in [0.15, 0.2) is 0 Å². The SMILES string of the molecule is CN1C(c2ccccc2)NC(c2ccc(-c3cccc(-c4cccc5c4oc4ccc6c(c45)C=Cc4ccccc4N6c4ccccc4)c3)cc2)N(C)C1c1ccccc1. The number of nitrogens with one attached hydrogen (secondary N) is 1. The van der Waals surface area contributed by atoms with Gasteiger partial charge in [-0.05, 0) is 89.4 Å². The van der Waals surface area contributed by atoms with Gasteiger partial charge in [0, 0.05) is 27.6 Å². The van der Waals surface area contributed by atoms with Crippen LogP contribution in [0.5, 0.6) is 0 Å². The second-order valence-electron chi connectivity index (χ2n) is 15.9. The van der Waals surface area contributed by atoms with Crippen LogP contribution in [-0.2, 0) is 0 Å². The minimum absolute atomic E-state index is 0.00140. The topological polar surface area (TPSA) is 34.9 Å². The third-order valence-corrected chi connectivity index (χ3v) is 12.4. The van der Waals surface area contributed by atoms with Crippen LogP contribution >= 0.6 is 0 Å². The Balaban J connectivity index is 0.949. The molecule has 0 radical (unpaired) electrons. The second kappa shape index (κ2) is 15.0. The van der Waals surface area contributed by atoms with Gasteiger partial charge >= 0.3 is 0 Å². The summed E-state index contributed by atoms with van der Waals surface area (Å²) in [4.78, 5) is 7.23. The van der Waals surface area contributed by atoms with Crippen molar-refractivity contribution >= 4 is 51.2 Å². The fourth-order valence-corrected chi connectivity index (χ4v) is 9.56. The smallest absolute Gasteiger partial charge is 0.143 e. The van der Waals surface area contributed by atoms with E-state index < -0.39 is 0 Å². The summed E-state index contributed by atoms with van der Waals surface area (Å²) < 4.78 is 6.82. The molecule has 8 aromatic carbocycles. The van der Waals surface area contributed by atoms with Crippen LogP contribution in [0, 0.1) is 0 Å². The summed E-state index contributed by atoms with van der Waals surface area (Å²) in [6.07, 6.45) is 4.62. The Morgan fingerprint density at radius 3 is 1.87 bits per heavy atom. The molecule has 0 saturated carbocycles. The minimum atomic E-state index is 0.00140. The molecular weight excluding hydrogens is 733 g/mol. The van der Waals surface area contributed by atoms with Crippen LogP contribution < -0.4 is 10.2 Å². The lowest BCUT2D eigenvalue weighted by molar-refractivity contribution is -0.0660. The Hall–Kier alpha value is -7.02. The van der Waals surface area contributed by atoms with Crippen molar-refractivity contribution in [3.05, 3.63) is 222 Å². The highest BCUT2D eigenvalue weighted by atomic mass is 16.3. The first kappa shape index (κ1) is 36.1. The summed E-state index contributed by atoms with van der Waals surface area (Å²) in [5.74, 6) is 0. The number of hydrogen-bond donors (Lipinski definition) is 1. The first-order valence-electron chi connectivity index (χ1n) is 20.7. The first-order valence-corrected chi connectivity index (χ1v) is 20.7.